The maximum atomic E-state index is 5.47. The zero-order valence-corrected chi connectivity index (χ0v) is 19.8. The number of likely N-dealkylation sites (N-methyl/N-ethyl adjacent to an activating group) is 1. The number of hydrogen-bond donors (Lipinski definition) is 1. The predicted molar refractivity (Wildman–Crippen MR) is 128 cm³/mol. The van der Waals surface area contributed by atoms with Crippen LogP contribution in [0.15, 0.2) is 40.8 Å². The average Bonchev–Trinajstić information content (AvgIpc) is 3.24. The monoisotopic (exact) mass is 515 g/mol. The molecule has 0 radical (unpaired) electrons. The topological polar surface area (TPSA) is 53.0 Å². The first-order valence-corrected chi connectivity index (χ1v) is 10.4. The average molecular weight is 515 g/mol. The molecular weight excluding hydrogens is 485 g/mol. The number of nitrogens with zero attached hydrogens (tertiary/aromatic N) is 4. The molecule has 1 saturated heterocycles. The molecule has 0 amide bonds. The number of thiophene rings is 1. The second-order valence-corrected chi connectivity index (χ2v) is 7.54. The first-order chi connectivity index (χ1) is 13.3. The number of aliphatic imine (C=N–C) groups is 1. The highest BCUT2D eigenvalue weighted by Crippen LogP contribution is 2.19. The van der Waals surface area contributed by atoms with Gasteiger partial charge in [0, 0.05) is 49.9 Å². The summed E-state index contributed by atoms with van der Waals surface area (Å²) in [5, 5.41) is 5.54. The van der Waals surface area contributed by atoms with Gasteiger partial charge in [-0.05, 0) is 30.9 Å². The zero-order valence-electron chi connectivity index (χ0n) is 16.6. The minimum Gasteiger partial charge on any atom is -0.378 e. The minimum atomic E-state index is 0. The Hall–Kier alpha value is -1.39. The number of morpholine rings is 1. The molecule has 1 N–H and O–H groups in total. The molecule has 0 aliphatic carbocycles. The molecule has 0 aromatic carbocycles. The van der Waals surface area contributed by atoms with Crippen molar-refractivity contribution in [2.24, 2.45) is 4.99 Å². The third-order valence-electron chi connectivity index (χ3n) is 4.55. The number of anilines is 1. The number of ether oxygens (including phenoxy) is 1. The lowest BCUT2D eigenvalue weighted by atomic mass is 10.2. The highest BCUT2D eigenvalue weighted by molar-refractivity contribution is 14.0. The van der Waals surface area contributed by atoms with E-state index in [9.17, 15) is 0 Å². The SMILES string of the molecule is CCNC(=NCc1cccnc1N1CCOCC1)N(C)CCc1cccs1.I. The molecule has 6 nitrogen and oxygen atoms in total. The molecule has 2 aromatic rings. The molecule has 3 rings (SSSR count). The third-order valence-corrected chi connectivity index (χ3v) is 5.48. The summed E-state index contributed by atoms with van der Waals surface area (Å²) in [5.74, 6) is 1.97. The maximum absolute atomic E-state index is 5.47. The number of aromatic nitrogens is 1. The largest absolute Gasteiger partial charge is 0.378 e. The van der Waals surface area contributed by atoms with Crippen LogP contribution in [0.5, 0.6) is 0 Å². The van der Waals surface area contributed by atoms with E-state index in [2.05, 4.69) is 57.7 Å². The van der Waals surface area contributed by atoms with Crippen LogP contribution in [-0.4, -0.2) is 62.3 Å². The Morgan fingerprint density at radius 1 is 1.32 bits per heavy atom. The van der Waals surface area contributed by atoms with E-state index in [1.165, 1.54) is 4.88 Å². The lowest BCUT2D eigenvalue weighted by molar-refractivity contribution is 0.122. The molecule has 0 bridgehead atoms. The molecule has 8 heteroatoms. The lowest BCUT2D eigenvalue weighted by Gasteiger charge is -2.29. The van der Waals surface area contributed by atoms with E-state index in [0.29, 0.717) is 6.54 Å². The fraction of sp³-hybridized carbons (Fsp3) is 0.500. The minimum absolute atomic E-state index is 0. The van der Waals surface area contributed by atoms with Crippen LogP contribution in [0.25, 0.3) is 0 Å². The van der Waals surface area contributed by atoms with E-state index < -0.39 is 0 Å². The van der Waals surface area contributed by atoms with Gasteiger partial charge in [0.25, 0.3) is 0 Å². The predicted octanol–water partition coefficient (Wildman–Crippen LogP) is 3.24. The number of halogens is 1. The second kappa shape index (κ2) is 12.2. The van der Waals surface area contributed by atoms with Crippen molar-refractivity contribution in [2.75, 3.05) is 51.3 Å². The van der Waals surface area contributed by atoms with Crippen molar-refractivity contribution in [2.45, 2.75) is 19.9 Å². The number of nitrogens with one attached hydrogen (secondary N) is 1. The van der Waals surface area contributed by atoms with E-state index in [4.69, 9.17) is 9.73 Å². The summed E-state index contributed by atoms with van der Waals surface area (Å²) in [6, 6.07) is 8.40. The van der Waals surface area contributed by atoms with Crippen molar-refractivity contribution in [1.82, 2.24) is 15.2 Å². The van der Waals surface area contributed by atoms with Crippen molar-refractivity contribution < 1.29 is 4.74 Å². The highest BCUT2D eigenvalue weighted by Gasteiger charge is 2.16. The van der Waals surface area contributed by atoms with Gasteiger partial charge in [-0.3, -0.25) is 0 Å². The number of pyridine rings is 1. The molecule has 2 aromatic heterocycles. The van der Waals surface area contributed by atoms with Gasteiger partial charge in [-0.15, -0.1) is 35.3 Å². The van der Waals surface area contributed by atoms with E-state index in [0.717, 1.165) is 63.2 Å². The van der Waals surface area contributed by atoms with Gasteiger partial charge in [0.15, 0.2) is 5.96 Å². The number of hydrogen-bond acceptors (Lipinski definition) is 5. The molecule has 28 heavy (non-hydrogen) atoms. The van der Waals surface area contributed by atoms with E-state index >= 15 is 0 Å². The van der Waals surface area contributed by atoms with Crippen LogP contribution >= 0.6 is 35.3 Å². The summed E-state index contributed by atoms with van der Waals surface area (Å²) in [7, 11) is 2.10. The van der Waals surface area contributed by atoms with Gasteiger partial charge in [0.2, 0.25) is 0 Å². The fourth-order valence-corrected chi connectivity index (χ4v) is 3.78. The summed E-state index contributed by atoms with van der Waals surface area (Å²) in [6.45, 7) is 7.79. The van der Waals surface area contributed by atoms with E-state index in [1.54, 1.807) is 0 Å². The molecule has 0 atom stereocenters. The maximum Gasteiger partial charge on any atom is 0.193 e. The molecule has 154 valence electrons. The van der Waals surface area contributed by atoms with Gasteiger partial charge in [0.05, 0.1) is 19.8 Å². The Kier molecular flexibility index (Phi) is 10.0. The molecule has 3 heterocycles. The quantitative estimate of drug-likeness (QED) is 0.349. The van der Waals surface area contributed by atoms with Crippen molar-refractivity contribution in [3.8, 4) is 0 Å². The number of rotatable bonds is 7. The van der Waals surface area contributed by atoms with Crippen LogP contribution in [0.3, 0.4) is 0 Å². The smallest absolute Gasteiger partial charge is 0.193 e. The van der Waals surface area contributed by atoms with Crippen LogP contribution < -0.4 is 10.2 Å². The van der Waals surface area contributed by atoms with Crippen LogP contribution in [0.4, 0.5) is 5.82 Å². The normalized spacial score (nSPS) is 14.5. The van der Waals surface area contributed by atoms with Crippen LogP contribution in [0, 0.1) is 0 Å². The Balaban J connectivity index is 0.00000280. The molecule has 0 saturated carbocycles. The van der Waals surface area contributed by atoms with Gasteiger partial charge in [-0.25, -0.2) is 9.98 Å². The summed E-state index contributed by atoms with van der Waals surface area (Å²) < 4.78 is 5.47. The van der Waals surface area contributed by atoms with Gasteiger partial charge >= 0.3 is 0 Å². The van der Waals surface area contributed by atoms with E-state index in [-0.39, 0.29) is 24.0 Å². The van der Waals surface area contributed by atoms with E-state index in [1.807, 2.05) is 23.6 Å². The van der Waals surface area contributed by atoms with Gasteiger partial charge in [-0.1, -0.05) is 12.1 Å². The first kappa shape index (κ1) is 22.9. The van der Waals surface area contributed by atoms with Gasteiger partial charge in [-0.2, -0.15) is 0 Å². The van der Waals surface area contributed by atoms with Crippen molar-refractivity contribution in [3.63, 3.8) is 0 Å². The lowest BCUT2D eigenvalue weighted by Crippen LogP contribution is -2.40. The first-order valence-electron chi connectivity index (χ1n) is 9.56. The molecule has 1 fully saturated rings. The Bertz CT molecular complexity index is 719. The van der Waals surface area contributed by atoms with Crippen LogP contribution in [0.2, 0.25) is 0 Å². The summed E-state index contributed by atoms with van der Waals surface area (Å²) in [4.78, 5) is 15.4. The van der Waals surface area contributed by atoms with Crippen molar-refractivity contribution in [1.29, 1.82) is 0 Å². The second-order valence-electron chi connectivity index (χ2n) is 6.51. The number of guanidine groups is 1. The standard InChI is InChI=1S/C20H29N5OS.HI/c1-3-21-20(24(2)10-8-18-7-5-15-27-18)23-16-17-6-4-9-22-19(17)25-11-13-26-14-12-25;/h4-7,9,15H,3,8,10-14,16H2,1-2H3,(H,21,23);1H. The fourth-order valence-electron chi connectivity index (χ4n) is 3.08. The Labute approximate surface area is 189 Å². The zero-order chi connectivity index (χ0) is 18.9. The van der Waals surface area contributed by atoms with Gasteiger partial charge in [0.1, 0.15) is 5.82 Å². The van der Waals surface area contributed by atoms with Crippen molar-refractivity contribution >= 4 is 47.1 Å². The molecule has 1 aliphatic heterocycles. The third kappa shape index (κ3) is 6.59. The summed E-state index contributed by atoms with van der Waals surface area (Å²) >= 11 is 1.81. The Morgan fingerprint density at radius 2 is 2.14 bits per heavy atom. The molecule has 0 unspecified atom stereocenters. The van der Waals surface area contributed by atoms with Crippen molar-refractivity contribution in [3.05, 3.63) is 46.3 Å². The summed E-state index contributed by atoms with van der Waals surface area (Å²) in [5.41, 5.74) is 1.15. The molecule has 1 aliphatic rings. The van der Waals surface area contributed by atoms with Gasteiger partial charge < -0.3 is 19.9 Å². The Morgan fingerprint density at radius 3 is 2.86 bits per heavy atom. The van der Waals surface area contributed by atoms with Crippen LogP contribution in [-0.2, 0) is 17.7 Å². The molecule has 0 spiro atoms. The highest BCUT2D eigenvalue weighted by atomic mass is 127. The van der Waals surface area contributed by atoms with Crippen LogP contribution in [0.1, 0.15) is 17.4 Å². The summed E-state index contributed by atoms with van der Waals surface area (Å²) in [6.07, 6.45) is 2.89. The molecular formula is C20H30IN5OS.